The fraction of sp³-hybridized carbons (Fsp3) is 0.647. The second-order valence-electron chi connectivity index (χ2n) is 7.27. The van der Waals surface area contributed by atoms with Crippen LogP contribution in [0, 0.1) is 0 Å². The van der Waals surface area contributed by atoms with E-state index in [2.05, 4.69) is 9.47 Å². The molecule has 0 spiro atoms. The SMILES string of the molecule is COC(c1cc(C(O)(C(F)(F)F)C(F)(F)F)cc(C(OC)(C(F)(F)F)C(F)(F)F)c1)(C(F)(F)F)C(F)(F)F. The smallest absolute Gasteiger partial charge is 0.369 e. The Hall–Kier alpha value is -2.16. The highest BCUT2D eigenvalue weighted by Gasteiger charge is 2.77. The van der Waals surface area contributed by atoms with Crippen molar-refractivity contribution < 1.29 is 93.6 Å². The van der Waals surface area contributed by atoms with Gasteiger partial charge in [0.1, 0.15) is 0 Å². The molecule has 222 valence electrons. The van der Waals surface area contributed by atoms with Crippen LogP contribution >= 0.6 is 0 Å². The molecule has 1 rings (SSSR count). The Balaban J connectivity index is 4.70. The molecule has 0 radical (unpaired) electrons. The van der Waals surface area contributed by atoms with Crippen molar-refractivity contribution in [1.29, 1.82) is 0 Å². The highest BCUT2D eigenvalue weighted by molar-refractivity contribution is 5.44. The van der Waals surface area contributed by atoms with Crippen LogP contribution < -0.4 is 0 Å². The molecule has 0 saturated carbocycles. The van der Waals surface area contributed by atoms with Gasteiger partial charge in [0, 0.05) is 30.9 Å². The van der Waals surface area contributed by atoms with Gasteiger partial charge in [-0.1, -0.05) is 0 Å². The molecule has 38 heavy (non-hydrogen) atoms. The molecular formula is C17H10F18O3. The maximum absolute atomic E-state index is 13.6. The number of halogens is 18. The minimum atomic E-state index is -7.18. The van der Waals surface area contributed by atoms with E-state index in [1.807, 2.05) is 0 Å². The Kier molecular flexibility index (Phi) is 8.20. The molecule has 0 amide bonds. The van der Waals surface area contributed by atoms with Gasteiger partial charge in [0.2, 0.25) is 0 Å². The Morgan fingerprint density at radius 3 is 0.789 bits per heavy atom. The average Bonchev–Trinajstić information content (AvgIpc) is 2.62. The van der Waals surface area contributed by atoms with Gasteiger partial charge < -0.3 is 14.6 Å². The third kappa shape index (κ3) is 4.73. The highest BCUT2D eigenvalue weighted by Crippen LogP contribution is 2.58. The monoisotopic (exact) mass is 604 g/mol. The molecule has 3 nitrogen and oxygen atoms in total. The number of hydrogen-bond acceptors (Lipinski definition) is 3. The summed E-state index contributed by atoms with van der Waals surface area (Å²) in [5, 5.41) is 9.44. The zero-order valence-corrected chi connectivity index (χ0v) is 17.8. The summed E-state index contributed by atoms with van der Waals surface area (Å²) in [5.74, 6) is 0. The molecule has 0 aromatic heterocycles. The van der Waals surface area contributed by atoms with Crippen LogP contribution in [-0.2, 0) is 26.3 Å². The zero-order chi connectivity index (χ0) is 30.8. The van der Waals surface area contributed by atoms with Crippen LogP contribution in [0.3, 0.4) is 0 Å². The maximum Gasteiger partial charge on any atom is 0.430 e. The van der Waals surface area contributed by atoms with Crippen molar-refractivity contribution in [2.75, 3.05) is 14.2 Å². The van der Waals surface area contributed by atoms with E-state index < -0.39 is 103 Å². The molecule has 21 heteroatoms. The number of hydrogen-bond donors (Lipinski definition) is 1. The second-order valence-corrected chi connectivity index (χ2v) is 7.27. The third-order valence-corrected chi connectivity index (χ3v) is 5.19. The van der Waals surface area contributed by atoms with Gasteiger partial charge in [-0.3, -0.25) is 0 Å². The zero-order valence-electron chi connectivity index (χ0n) is 17.8. The van der Waals surface area contributed by atoms with Crippen molar-refractivity contribution >= 4 is 0 Å². The number of alkyl halides is 18. The summed E-state index contributed by atoms with van der Waals surface area (Å²) in [6.45, 7) is 0. The average molecular weight is 604 g/mol. The Labute approximate surface area is 197 Å². The summed E-state index contributed by atoms with van der Waals surface area (Å²) in [6, 6.07) is -4.07. The molecule has 1 N–H and O–H groups in total. The molecule has 0 fully saturated rings. The minimum absolute atomic E-state index is 0.496. The van der Waals surface area contributed by atoms with Gasteiger partial charge in [-0.25, -0.2) is 0 Å². The van der Waals surface area contributed by atoms with Gasteiger partial charge >= 0.3 is 37.1 Å². The number of methoxy groups -OCH3 is 2. The first-order chi connectivity index (χ1) is 16.4. The molecule has 1 aromatic rings. The van der Waals surface area contributed by atoms with Gasteiger partial charge in [0.05, 0.1) is 0 Å². The molecule has 0 aliphatic rings. The predicted molar refractivity (Wildman–Crippen MR) is 84.0 cm³/mol. The first-order valence-corrected chi connectivity index (χ1v) is 8.83. The van der Waals surface area contributed by atoms with Crippen molar-refractivity contribution in [1.82, 2.24) is 0 Å². The van der Waals surface area contributed by atoms with Gasteiger partial charge in [-0.15, -0.1) is 0 Å². The first-order valence-electron chi connectivity index (χ1n) is 8.83. The summed E-state index contributed by atoms with van der Waals surface area (Å²) in [4.78, 5) is 0. The standard InChI is InChI=1S/C17H10F18O3/c1-37-10(14(24,25)26,15(27,28)29)7-3-6(9(36,12(18,19)20)13(21,22)23)4-8(5-7)11(38-2,16(30,31)32)17(33,34)35/h3-5,36H,1-2H3. The van der Waals surface area contributed by atoms with E-state index >= 15 is 0 Å². The molecule has 1 aromatic carbocycles. The van der Waals surface area contributed by atoms with Gasteiger partial charge in [0.15, 0.2) is 0 Å². The van der Waals surface area contributed by atoms with Gasteiger partial charge in [-0.2, -0.15) is 79.0 Å². The topological polar surface area (TPSA) is 38.7 Å². The van der Waals surface area contributed by atoms with Gasteiger partial charge in [0.25, 0.3) is 16.8 Å². The Morgan fingerprint density at radius 2 is 0.632 bits per heavy atom. The first kappa shape index (κ1) is 33.9. The molecule has 0 heterocycles. The van der Waals surface area contributed by atoms with E-state index in [1.165, 1.54) is 0 Å². The van der Waals surface area contributed by atoms with Crippen LogP contribution in [0.4, 0.5) is 79.0 Å². The predicted octanol–water partition coefficient (Wildman–Crippen LogP) is 6.93. The van der Waals surface area contributed by atoms with Crippen molar-refractivity contribution in [3.05, 3.63) is 34.9 Å². The maximum atomic E-state index is 13.6. The van der Waals surface area contributed by atoms with Crippen molar-refractivity contribution in [3.8, 4) is 0 Å². The summed E-state index contributed by atoms with van der Waals surface area (Å²) in [7, 11) is -0.992. The van der Waals surface area contributed by atoms with E-state index in [4.69, 9.17) is 0 Å². The lowest BCUT2D eigenvalue weighted by molar-refractivity contribution is -0.386. The summed E-state index contributed by atoms with van der Waals surface area (Å²) < 4.78 is 250. The molecular weight excluding hydrogens is 594 g/mol. The van der Waals surface area contributed by atoms with Crippen molar-refractivity contribution in [2.24, 2.45) is 0 Å². The quantitative estimate of drug-likeness (QED) is 0.371. The molecule has 0 bridgehead atoms. The molecule has 0 saturated heterocycles. The lowest BCUT2D eigenvalue weighted by Crippen LogP contribution is -2.58. The number of rotatable bonds is 5. The second kappa shape index (κ2) is 9.20. The number of benzene rings is 1. The molecule has 0 aliphatic carbocycles. The van der Waals surface area contributed by atoms with Crippen LogP contribution in [0.25, 0.3) is 0 Å². The molecule has 0 atom stereocenters. The van der Waals surface area contributed by atoms with E-state index in [0.717, 1.165) is 0 Å². The Bertz CT molecular complexity index is 892. The summed E-state index contributed by atoms with van der Waals surface area (Å²) in [6.07, 6.45) is -42.3. The minimum Gasteiger partial charge on any atom is -0.369 e. The van der Waals surface area contributed by atoms with Crippen LogP contribution in [-0.4, -0.2) is 56.4 Å². The normalized spacial score (nSPS) is 15.7. The largest absolute Gasteiger partial charge is 0.430 e. The summed E-state index contributed by atoms with van der Waals surface area (Å²) in [5.41, 5.74) is -28.5. The molecule has 0 aliphatic heterocycles. The third-order valence-electron chi connectivity index (χ3n) is 5.19. The van der Waals surface area contributed by atoms with Crippen LogP contribution in [0.2, 0.25) is 0 Å². The fourth-order valence-corrected chi connectivity index (χ4v) is 3.41. The van der Waals surface area contributed by atoms with E-state index in [-0.39, 0.29) is 0 Å². The van der Waals surface area contributed by atoms with E-state index in [1.54, 1.807) is 0 Å². The Morgan fingerprint density at radius 1 is 0.421 bits per heavy atom. The lowest BCUT2D eigenvalue weighted by atomic mass is 9.80. The van der Waals surface area contributed by atoms with Crippen molar-refractivity contribution in [3.63, 3.8) is 0 Å². The highest BCUT2D eigenvalue weighted by atomic mass is 19.4. The lowest BCUT2D eigenvalue weighted by Gasteiger charge is -2.41. The number of ether oxygens (including phenoxy) is 2. The van der Waals surface area contributed by atoms with E-state index in [0.29, 0.717) is 0 Å². The van der Waals surface area contributed by atoms with Crippen molar-refractivity contribution in [2.45, 2.75) is 53.9 Å². The van der Waals surface area contributed by atoms with Crippen LogP contribution in [0.5, 0.6) is 0 Å². The summed E-state index contributed by atoms with van der Waals surface area (Å²) >= 11 is 0. The van der Waals surface area contributed by atoms with Gasteiger partial charge in [-0.05, 0) is 18.2 Å². The fourth-order valence-electron chi connectivity index (χ4n) is 3.41. The number of aliphatic hydroxyl groups is 1. The van der Waals surface area contributed by atoms with Crippen LogP contribution in [0.15, 0.2) is 18.2 Å². The van der Waals surface area contributed by atoms with Crippen LogP contribution in [0.1, 0.15) is 16.7 Å². The molecule has 0 unspecified atom stereocenters. The van der Waals surface area contributed by atoms with E-state index in [9.17, 15) is 84.1 Å².